The molecule has 0 unspecified atom stereocenters. The molecule has 7 heteroatoms. The number of rotatable bonds is 5. The number of anilines is 1. The summed E-state index contributed by atoms with van der Waals surface area (Å²) in [6, 6.07) is 8.32. The number of pyridine rings is 1. The number of halogens is 1. The van der Waals surface area contributed by atoms with Gasteiger partial charge in [-0.05, 0) is 51.3 Å². The van der Waals surface area contributed by atoms with Gasteiger partial charge in [0.05, 0.1) is 28.2 Å². The number of hydrogen-bond acceptors (Lipinski definition) is 5. The van der Waals surface area contributed by atoms with E-state index < -0.39 is 0 Å². The third-order valence-electron chi connectivity index (χ3n) is 4.67. The highest BCUT2D eigenvalue weighted by Gasteiger charge is 2.15. The molecule has 3 rings (SSSR count). The molecule has 0 amide bonds. The molecule has 0 saturated heterocycles. The molecule has 0 spiro atoms. The van der Waals surface area contributed by atoms with Crippen LogP contribution in [-0.4, -0.2) is 22.2 Å². The van der Waals surface area contributed by atoms with Gasteiger partial charge in [-0.2, -0.15) is 5.26 Å². The molecule has 1 aliphatic carbocycles. The maximum Gasteiger partial charge on any atom is 0.101 e. The molecule has 0 aromatic carbocycles. The summed E-state index contributed by atoms with van der Waals surface area (Å²) in [7, 11) is 1.46. The summed E-state index contributed by atoms with van der Waals surface area (Å²) >= 11 is 2.17. The molecule has 28 heavy (non-hydrogen) atoms. The minimum absolute atomic E-state index is 0.294. The Morgan fingerprint density at radius 1 is 1.36 bits per heavy atom. The maximum atomic E-state index is 8.99. The first-order valence-corrected chi connectivity index (χ1v) is 12.5. The van der Waals surface area contributed by atoms with Gasteiger partial charge in [0.2, 0.25) is 0 Å². The molecule has 1 saturated carbocycles. The van der Waals surface area contributed by atoms with E-state index in [0.717, 1.165) is 34.5 Å². The highest BCUT2D eigenvalue weighted by molar-refractivity contribution is 14.2. The Kier molecular flexibility index (Phi) is 7.58. The molecule has 0 atom stereocenters. The third kappa shape index (κ3) is 5.40. The average molecular weight is 501 g/mol. The molecular weight excluding hydrogens is 481 g/mol. The van der Waals surface area contributed by atoms with E-state index in [9.17, 15) is 0 Å². The van der Waals surface area contributed by atoms with Crippen molar-refractivity contribution in [1.82, 2.24) is 9.97 Å². The lowest BCUT2D eigenvalue weighted by atomic mass is 9.95. The molecule has 1 fully saturated rings. The molecule has 0 aliphatic heterocycles. The lowest BCUT2D eigenvalue weighted by molar-refractivity contribution is 0.462. The van der Waals surface area contributed by atoms with Crippen LogP contribution in [0.1, 0.15) is 43.4 Å². The van der Waals surface area contributed by atoms with Crippen molar-refractivity contribution < 1.29 is 0 Å². The second kappa shape index (κ2) is 10.4. The van der Waals surface area contributed by atoms with Crippen molar-refractivity contribution in [2.75, 3.05) is 5.32 Å². The van der Waals surface area contributed by atoms with Crippen LogP contribution in [0.5, 0.6) is 0 Å². The zero-order valence-corrected chi connectivity index (χ0v) is 18.2. The number of nitrogens with zero attached hydrogens (tertiary/aromatic N) is 2. The molecule has 1 aliphatic rings. The van der Waals surface area contributed by atoms with E-state index in [1.165, 1.54) is 41.0 Å². The first-order chi connectivity index (χ1) is 13.7. The molecule has 2 aromatic heterocycles. The zero-order valence-electron chi connectivity index (χ0n) is 15.3. The Labute approximate surface area is 181 Å². The van der Waals surface area contributed by atoms with E-state index in [2.05, 4.69) is 47.7 Å². The topological polar surface area (TPSA) is 88.3 Å². The quantitative estimate of drug-likeness (QED) is 0.210. The predicted octanol–water partition coefficient (Wildman–Crippen LogP) is 5.77. The van der Waals surface area contributed by atoms with E-state index in [1.54, 1.807) is 6.08 Å². The Morgan fingerprint density at radius 2 is 2.18 bits per heavy atom. The standard InChI is InChI=1S/C21H20IN5S/c22-28-9-8-16-14-25-21(11-20(16)26-17-4-2-1-3-5-17)19-7-6-18(27-19)10-15(12-23)13-24/h6-7,10-12,14,17,23,27H,1-5H2,(H,25,26)/b15-10+,23-12?. The minimum Gasteiger partial charge on any atom is -0.381 e. The van der Waals surface area contributed by atoms with E-state index in [4.69, 9.17) is 10.7 Å². The van der Waals surface area contributed by atoms with Crippen molar-refractivity contribution in [2.45, 2.75) is 38.1 Å². The van der Waals surface area contributed by atoms with Crippen LogP contribution in [0.4, 0.5) is 5.69 Å². The largest absolute Gasteiger partial charge is 0.381 e. The lowest BCUT2D eigenvalue weighted by Crippen LogP contribution is -2.22. The molecule has 2 aromatic rings. The van der Waals surface area contributed by atoms with Crippen molar-refractivity contribution in [3.63, 3.8) is 0 Å². The fourth-order valence-electron chi connectivity index (χ4n) is 3.28. The Morgan fingerprint density at radius 3 is 2.89 bits per heavy atom. The van der Waals surface area contributed by atoms with Crippen LogP contribution in [0.2, 0.25) is 0 Å². The van der Waals surface area contributed by atoms with Gasteiger partial charge in [0, 0.05) is 45.4 Å². The summed E-state index contributed by atoms with van der Waals surface area (Å²) in [5.74, 6) is 3.18. The summed E-state index contributed by atoms with van der Waals surface area (Å²) in [6.45, 7) is 0. The van der Waals surface area contributed by atoms with Gasteiger partial charge in [-0.15, -0.1) is 0 Å². The van der Waals surface area contributed by atoms with E-state index >= 15 is 0 Å². The average Bonchev–Trinajstić information content (AvgIpc) is 3.20. The fourth-order valence-corrected chi connectivity index (χ4v) is 3.76. The van der Waals surface area contributed by atoms with Crippen molar-refractivity contribution >= 4 is 48.1 Å². The van der Waals surface area contributed by atoms with E-state index in [1.807, 2.05) is 30.5 Å². The van der Waals surface area contributed by atoms with Gasteiger partial charge < -0.3 is 15.7 Å². The predicted molar refractivity (Wildman–Crippen MR) is 125 cm³/mol. The van der Waals surface area contributed by atoms with Gasteiger partial charge in [0.1, 0.15) is 6.07 Å². The van der Waals surface area contributed by atoms with Gasteiger partial charge >= 0.3 is 0 Å². The van der Waals surface area contributed by atoms with Gasteiger partial charge in [-0.1, -0.05) is 25.2 Å². The first kappa shape index (κ1) is 20.5. The van der Waals surface area contributed by atoms with Crippen molar-refractivity contribution in [3.8, 4) is 28.6 Å². The second-order valence-corrected chi connectivity index (χ2v) is 8.26. The van der Waals surface area contributed by atoms with E-state index in [-0.39, 0.29) is 0 Å². The van der Waals surface area contributed by atoms with Gasteiger partial charge in [-0.3, -0.25) is 4.98 Å². The maximum absolute atomic E-state index is 8.99. The number of hydrogen-bond donors (Lipinski definition) is 3. The van der Waals surface area contributed by atoms with Gasteiger partial charge in [-0.25, -0.2) is 0 Å². The summed E-state index contributed by atoms with van der Waals surface area (Å²) in [4.78, 5) is 7.83. The highest BCUT2D eigenvalue weighted by Crippen LogP contribution is 2.27. The normalized spacial score (nSPS) is 14.6. The SMILES string of the molecule is N#C/C(C=N)=C/c1ccc(-c2cc(NC3CCCCC3)c(C#CSI)cn2)[nH]1. The molecule has 5 nitrogen and oxygen atoms in total. The fraction of sp³-hybridized carbons (Fsp3) is 0.286. The molecule has 3 N–H and O–H groups in total. The van der Waals surface area contributed by atoms with Crippen LogP contribution in [-0.2, 0) is 0 Å². The lowest BCUT2D eigenvalue weighted by Gasteiger charge is -2.24. The molecular formula is C21H20IN5S. The van der Waals surface area contributed by atoms with Crippen LogP contribution < -0.4 is 5.32 Å². The minimum atomic E-state index is 0.294. The first-order valence-electron chi connectivity index (χ1n) is 9.10. The van der Waals surface area contributed by atoms with Crippen LogP contribution in [0.25, 0.3) is 17.5 Å². The Hall–Kier alpha value is -2.23. The number of nitriles is 1. The number of allylic oxidation sites excluding steroid dienone is 1. The molecule has 2 heterocycles. The van der Waals surface area contributed by atoms with Crippen LogP contribution in [0, 0.1) is 27.9 Å². The van der Waals surface area contributed by atoms with Gasteiger partial charge in [0.15, 0.2) is 0 Å². The second-order valence-electron chi connectivity index (χ2n) is 6.58. The monoisotopic (exact) mass is 501 g/mol. The van der Waals surface area contributed by atoms with Crippen LogP contribution in [0.3, 0.4) is 0 Å². The third-order valence-corrected chi connectivity index (χ3v) is 5.51. The van der Waals surface area contributed by atoms with Gasteiger partial charge in [0.25, 0.3) is 0 Å². The van der Waals surface area contributed by atoms with Crippen molar-refractivity contribution in [1.29, 1.82) is 10.7 Å². The highest BCUT2D eigenvalue weighted by atomic mass is 127. The molecule has 0 radical (unpaired) electrons. The number of H-pyrrole nitrogens is 1. The number of aromatic nitrogens is 2. The Bertz CT molecular complexity index is 971. The van der Waals surface area contributed by atoms with Crippen molar-refractivity contribution in [2.24, 2.45) is 0 Å². The zero-order chi connectivity index (χ0) is 19.8. The van der Waals surface area contributed by atoms with Crippen LogP contribution in [0.15, 0.2) is 30.0 Å². The van der Waals surface area contributed by atoms with E-state index in [0.29, 0.717) is 11.6 Å². The Balaban J connectivity index is 1.90. The van der Waals surface area contributed by atoms with Crippen LogP contribution >= 0.6 is 30.1 Å². The molecule has 0 bridgehead atoms. The van der Waals surface area contributed by atoms with Crippen molar-refractivity contribution in [3.05, 3.63) is 41.2 Å². The smallest absolute Gasteiger partial charge is 0.101 e. The molecule has 142 valence electrons. The summed E-state index contributed by atoms with van der Waals surface area (Å²) in [6.07, 6.45) is 10.7. The summed E-state index contributed by atoms with van der Waals surface area (Å²) in [5.41, 5.74) is 4.66. The number of aromatic amines is 1. The summed E-state index contributed by atoms with van der Waals surface area (Å²) < 4.78 is 0. The summed E-state index contributed by atoms with van der Waals surface area (Å²) in [5, 5.41) is 22.9. The number of nitrogens with one attached hydrogen (secondary N) is 3.